The third kappa shape index (κ3) is 7.25. The van der Waals surface area contributed by atoms with E-state index in [1.165, 1.54) is 29.2 Å². The van der Waals surface area contributed by atoms with Gasteiger partial charge < -0.3 is 24.8 Å². The fourth-order valence-corrected chi connectivity index (χ4v) is 3.39. The van der Waals surface area contributed by atoms with Crippen molar-refractivity contribution in [3.8, 4) is 11.5 Å². The molecule has 1 aromatic carbocycles. The Morgan fingerprint density at radius 3 is 2.37 bits per heavy atom. The van der Waals surface area contributed by atoms with Crippen molar-refractivity contribution in [3.63, 3.8) is 0 Å². The predicted octanol–water partition coefficient (Wildman–Crippen LogP) is 2.41. The number of ketones is 1. The lowest BCUT2D eigenvalue weighted by Gasteiger charge is -2.30. The molecule has 3 amide bonds. The predicted molar refractivity (Wildman–Crippen MR) is 116 cm³/mol. The second kappa shape index (κ2) is 11.3. The normalized spacial score (nSPS) is 15.9. The molecule has 1 aliphatic rings. The summed E-state index contributed by atoms with van der Waals surface area (Å²) in [4.78, 5) is 43.5. The summed E-state index contributed by atoms with van der Waals surface area (Å²) in [6, 6.07) is 1.72. The zero-order valence-electron chi connectivity index (χ0n) is 19.2. The highest BCUT2D eigenvalue weighted by Gasteiger charge is 2.35. The van der Waals surface area contributed by atoms with Crippen LogP contribution in [0.1, 0.15) is 37.3 Å². The molecule has 0 bridgehead atoms. The maximum absolute atomic E-state index is 13.8. The van der Waals surface area contributed by atoms with Crippen molar-refractivity contribution in [1.82, 2.24) is 25.7 Å². The summed E-state index contributed by atoms with van der Waals surface area (Å²) in [5.41, 5.74) is 0.381. The average Bonchev–Trinajstić information content (AvgIpc) is 3.32. The number of rotatable bonds is 9. The van der Waals surface area contributed by atoms with E-state index in [1.54, 1.807) is 6.92 Å². The van der Waals surface area contributed by atoms with E-state index in [0.29, 0.717) is 25.7 Å². The Bertz CT molecular complexity index is 1030. The Labute approximate surface area is 199 Å². The molecule has 10 nitrogen and oxygen atoms in total. The van der Waals surface area contributed by atoms with Crippen LogP contribution in [0.25, 0.3) is 11.5 Å². The number of carbonyl (C=O) groups is 3. The highest BCUT2D eigenvalue weighted by molar-refractivity contribution is 6.00. The molecule has 1 unspecified atom stereocenters. The second-order valence-corrected chi connectivity index (χ2v) is 8.14. The number of nitrogens with one attached hydrogen (secondary N) is 2. The molecule has 3 rings (SSSR count). The lowest BCUT2D eigenvalue weighted by Crippen LogP contribution is -2.56. The van der Waals surface area contributed by atoms with Crippen molar-refractivity contribution in [1.29, 1.82) is 0 Å². The van der Waals surface area contributed by atoms with Gasteiger partial charge in [-0.3, -0.25) is 9.59 Å². The first-order valence-corrected chi connectivity index (χ1v) is 11.0. The van der Waals surface area contributed by atoms with Crippen molar-refractivity contribution in [2.24, 2.45) is 0 Å². The van der Waals surface area contributed by atoms with Gasteiger partial charge in [-0.05, 0) is 37.6 Å². The smallest absolute Gasteiger partial charge is 0.318 e. The van der Waals surface area contributed by atoms with Gasteiger partial charge in [-0.2, -0.15) is 4.98 Å². The number of ether oxygens (including phenoxy) is 1. The molecule has 0 saturated carbocycles. The Balaban J connectivity index is 1.70. The lowest BCUT2D eigenvalue weighted by atomic mass is 10.1. The first-order valence-electron chi connectivity index (χ1n) is 11.0. The van der Waals surface area contributed by atoms with E-state index in [9.17, 15) is 27.6 Å². The number of benzene rings is 1. The molecule has 13 heteroatoms. The summed E-state index contributed by atoms with van der Waals surface area (Å²) in [6.07, 6.45) is -0.867. The highest BCUT2D eigenvalue weighted by atomic mass is 19.3. The van der Waals surface area contributed by atoms with E-state index < -0.39 is 48.0 Å². The van der Waals surface area contributed by atoms with Crippen LogP contribution < -0.4 is 10.6 Å². The molecular formula is C22H26F3N5O5. The number of morpholine rings is 1. The standard InChI is InChI=1S/C22H26F3N5O5/c1-3-15(17(31)18-28-20(35-29-18)13-4-6-14(23)7-5-13)26-19(32)16(12-22(2,24)25)27-21(33)30-8-10-34-11-9-30/h4-7,15-16H,3,8-12H2,1-2H3,(H,26,32)(H,27,33)/t15-,16?/m0/s1. The van der Waals surface area contributed by atoms with Crippen LogP contribution in [0.2, 0.25) is 0 Å². The molecule has 0 radical (unpaired) electrons. The molecule has 2 atom stereocenters. The lowest BCUT2D eigenvalue weighted by molar-refractivity contribution is -0.125. The number of urea groups is 1. The minimum Gasteiger partial charge on any atom is -0.378 e. The van der Waals surface area contributed by atoms with E-state index in [4.69, 9.17) is 9.26 Å². The van der Waals surface area contributed by atoms with Gasteiger partial charge in [-0.25, -0.2) is 18.0 Å². The molecule has 1 saturated heterocycles. The molecule has 190 valence electrons. The Morgan fingerprint density at radius 1 is 1.11 bits per heavy atom. The van der Waals surface area contributed by atoms with E-state index in [-0.39, 0.29) is 31.2 Å². The van der Waals surface area contributed by atoms with E-state index in [2.05, 4.69) is 20.8 Å². The fraction of sp³-hybridized carbons (Fsp3) is 0.500. The van der Waals surface area contributed by atoms with Gasteiger partial charge in [0.1, 0.15) is 11.9 Å². The van der Waals surface area contributed by atoms with Gasteiger partial charge in [0.15, 0.2) is 0 Å². The average molecular weight is 497 g/mol. The fourth-order valence-electron chi connectivity index (χ4n) is 3.39. The van der Waals surface area contributed by atoms with Crippen LogP contribution in [0.5, 0.6) is 0 Å². The number of alkyl halides is 2. The second-order valence-electron chi connectivity index (χ2n) is 8.14. The highest BCUT2D eigenvalue weighted by Crippen LogP contribution is 2.20. The summed E-state index contributed by atoms with van der Waals surface area (Å²) in [6.45, 7) is 3.34. The first-order chi connectivity index (χ1) is 16.6. The maximum Gasteiger partial charge on any atom is 0.318 e. The van der Waals surface area contributed by atoms with Gasteiger partial charge in [0.2, 0.25) is 23.4 Å². The quantitative estimate of drug-likeness (QED) is 0.510. The van der Waals surface area contributed by atoms with Crippen LogP contribution in [0.4, 0.5) is 18.0 Å². The van der Waals surface area contributed by atoms with Crippen molar-refractivity contribution < 1.29 is 36.8 Å². The number of Topliss-reactive ketones (excluding diaryl/α,β-unsaturated/α-hetero) is 1. The molecule has 2 aromatic rings. The van der Waals surface area contributed by atoms with Crippen LogP contribution in [0.15, 0.2) is 28.8 Å². The summed E-state index contributed by atoms with van der Waals surface area (Å²) >= 11 is 0. The number of aromatic nitrogens is 2. The number of nitrogens with zero attached hydrogens (tertiary/aromatic N) is 3. The SMILES string of the molecule is CC[C@H](NC(=O)C(CC(C)(F)F)NC(=O)N1CCOCC1)C(=O)c1noc(-c2ccc(F)cc2)n1. The van der Waals surface area contributed by atoms with Crippen LogP contribution in [0, 0.1) is 5.82 Å². The molecule has 2 N–H and O–H groups in total. The minimum absolute atomic E-state index is 0.0317. The van der Waals surface area contributed by atoms with Crippen LogP contribution in [-0.2, 0) is 9.53 Å². The van der Waals surface area contributed by atoms with Crippen molar-refractivity contribution in [2.45, 2.75) is 44.7 Å². The zero-order chi connectivity index (χ0) is 25.6. The zero-order valence-corrected chi connectivity index (χ0v) is 19.2. The van der Waals surface area contributed by atoms with Crippen LogP contribution in [0.3, 0.4) is 0 Å². The molecule has 1 aromatic heterocycles. The van der Waals surface area contributed by atoms with Gasteiger partial charge in [0, 0.05) is 25.1 Å². The monoisotopic (exact) mass is 497 g/mol. The van der Waals surface area contributed by atoms with Crippen molar-refractivity contribution in [3.05, 3.63) is 35.9 Å². The van der Waals surface area contributed by atoms with Gasteiger partial charge in [0.05, 0.1) is 19.3 Å². The third-order valence-electron chi connectivity index (χ3n) is 5.25. The summed E-state index contributed by atoms with van der Waals surface area (Å²) in [5, 5.41) is 8.35. The molecule has 0 spiro atoms. The maximum atomic E-state index is 13.8. The summed E-state index contributed by atoms with van der Waals surface area (Å²) < 4.78 is 50.9. The van der Waals surface area contributed by atoms with Gasteiger partial charge in [0.25, 0.3) is 5.89 Å². The van der Waals surface area contributed by atoms with Gasteiger partial charge in [-0.15, -0.1) is 0 Å². The molecule has 0 aliphatic carbocycles. The summed E-state index contributed by atoms with van der Waals surface area (Å²) in [7, 11) is 0. The molecule has 1 fully saturated rings. The van der Waals surface area contributed by atoms with Crippen LogP contribution in [-0.4, -0.2) is 77.1 Å². The number of amides is 3. The minimum atomic E-state index is -3.26. The van der Waals surface area contributed by atoms with Gasteiger partial charge in [-0.1, -0.05) is 12.1 Å². The Kier molecular flexibility index (Phi) is 8.43. The first kappa shape index (κ1) is 26.1. The van der Waals surface area contributed by atoms with E-state index in [0.717, 1.165) is 0 Å². The number of carbonyl (C=O) groups excluding carboxylic acids is 3. The van der Waals surface area contributed by atoms with Crippen molar-refractivity contribution in [2.75, 3.05) is 26.3 Å². The topological polar surface area (TPSA) is 127 Å². The number of hydrogen-bond acceptors (Lipinski definition) is 7. The molecule has 2 heterocycles. The molecular weight excluding hydrogens is 471 g/mol. The van der Waals surface area contributed by atoms with Gasteiger partial charge >= 0.3 is 6.03 Å². The molecule has 35 heavy (non-hydrogen) atoms. The van der Waals surface area contributed by atoms with Crippen LogP contribution >= 0.6 is 0 Å². The molecule has 1 aliphatic heterocycles. The summed E-state index contributed by atoms with van der Waals surface area (Å²) in [5.74, 6) is -5.76. The Morgan fingerprint density at radius 2 is 1.77 bits per heavy atom. The third-order valence-corrected chi connectivity index (χ3v) is 5.25. The van der Waals surface area contributed by atoms with E-state index in [1.807, 2.05) is 0 Å². The number of hydrogen-bond donors (Lipinski definition) is 2. The van der Waals surface area contributed by atoms with Crippen molar-refractivity contribution >= 4 is 17.7 Å². The van der Waals surface area contributed by atoms with E-state index >= 15 is 0 Å². The largest absolute Gasteiger partial charge is 0.378 e. The number of halogens is 3. The Hall–Kier alpha value is -3.48.